The van der Waals surface area contributed by atoms with Crippen LogP contribution in [0.1, 0.15) is 50.2 Å². The highest BCUT2D eigenvalue weighted by atomic mass is 16.5. The van der Waals surface area contributed by atoms with Gasteiger partial charge in [-0.1, -0.05) is 31.2 Å². The molecule has 1 aromatic heterocycles. The zero-order valence-electron chi connectivity index (χ0n) is 12.6. The summed E-state index contributed by atoms with van der Waals surface area (Å²) in [7, 11) is 0. The van der Waals surface area contributed by atoms with Crippen LogP contribution < -0.4 is 5.32 Å². The number of hydrogen-bond donors (Lipinski definition) is 1. The first-order valence-electron chi connectivity index (χ1n) is 7.67. The van der Waals surface area contributed by atoms with E-state index in [9.17, 15) is 4.79 Å². The van der Waals surface area contributed by atoms with Crippen LogP contribution in [-0.2, 0) is 4.79 Å². The smallest absolute Gasteiger partial charge is 0.243 e. The van der Waals surface area contributed by atoms with Gasteiger partial charge in [-0.2, -0.15) is 4.98 Å². The lowest BCUT2D eigenvalue weighted by Gasteiger charge is -2.31. The summed E-state index contributed by atoms with van der Waals surface area (Å²) in [6, 6.07) is -0.141. The normalized spacial score (nSPS) is 23.2. The predicted octanol–water partition coefficient (Wildman–Crippen LogP) is 1.43. The molecule has 1 atom stereocenters. The van der Waals surface area contributed by atoms with Gasteiger partial charge in [-0.25, -0.2) is 0 Å². The Morgan fingerprint density at radius 1 is 1.43 bits per heavy atom. The summed E-state index contributed by atoms with van der Waals surface area (Å²) in [5.41, 5.74) is 0. The van der Waals surface area contributed by atoms with Crippen molar-refractivity contribution in [3.8, 4) is 0 Å². The highest BCUT2D eigenvalue weighted by molar-refractivity contribution is 5.84. The van der Waals surface area contributed by atoms with Crippen molar-refractivity contribution < 1.29 is 9.32 Å². The molecule has 114 valence electrons. The van der Waals surface area contributed by atoms with Gasteiger partial charge in [-0.05, 0) is 12.8 Å². The zero-order chi connectivity index (χ0) is 14.8. The Labute approximate surface area is 124 Å². The molecule has 1 saturated heterocycles. The van der Waals surface area contributed by atoms with E-state index >= 15 is 0 Å². The number of likely N-dealkylation sites (tertiary alicyclic amines) is 1. The molecule has 3 heterocycles. The minimum Gasteiger partial charge on any atom is -0.341 e. The molecule has 6 heteroatoms. The van der Waals surface area contributed by atoms with Crippen molar-refractivity contribution in [2.24, 2.45) is 0 Å². The fourth-order valence-corrected chi connectivity index (χ4v) is 2.83. The molecule has 6 nitrogen and oxygen atoms in total. The fraction of sp³-hybridized carbons (Fsp3) is 0.667. The quantitative estimate of drug-likeness (QED) is 0.853. The standard InChI is InChI=1S/C15H22N4O2/c1-10(2)13-17-14(21-18-13)11-5-8-19(9-6-11)15(20)12-4-3-7-16-12/h3-4,10-12,16H,5-9H2,1-2H3. The molecule has 3 rings (SSSR count). The summed E-state index contributed by atoms with van der Waals surface area (Å²) in [5.74, 6) is 2.23. The van der Waals surface area contributed by atoms with Crippen LogP contribution in [0.15, 0.2) is 16.7 Å². The van der Waals surface area contributed by atoms with E-state index in [0.717, 1.165) is 44.2 Å². The first-order valence-corrected chi connectivity index (χ1v) is 7.67. The molecule has 2 aliphatic rings. The maximum Gasteiger partial charge on any atom is 0.243 e. The highest BCUT2D eigenvalue weighted by Gasteiger charge is 2.30. The topological polar surface area (TPSA) is 71.3 Å². The molecule has 0 radical (unpaired) electrons. The molecule has 0 aromatic carbocycles. The summed E-state index contributed by atoms with van der Waals surface area (Å²) in [5, 5.41) is 7.19. The molecular weight excluding hydrogens is 268 g/mol. The van der Waals surface area contributed by atoms with Crippen LogP contribution in [0.2, 0.25) is 0 Å². The lowest BCUT2D eigenvalue weighted by atomic mass is 9.96. The summed E-state index contributed by atoms with van der Waals surface area (Å²) in [6.07, 6.45) is 5.73. The van der Waals surface area contributed by atoms with E-state index in [4.69, 9.17) is 4.52 Å². The van der Waals surface area contributed by atoms with Gasteiger partial charge in [0.15, 0.2) is 5.82 Å². The van der Waals surface area contributed by atoms with Crippen molar-refractivity contribution in [2.45, 2.75) is 44.6 Å². The molecule has 1 unspecified atom stereocenters. The van der Waals surface area contributed by atoms with E-state index in [1.54, 1.807) is 0 Å². The van der Waals surface area contributed by atoms with Crippen molar-refractivity contribution in [1.82, 2.24) is 20.4 Å². The third-order valence-corrected chi connectivity index (χ3v) is 4.18. The third kappa shape index (κ3) is 3.00. The maximum absolute atomic E-state index is 12.3. The molecular formula is C15H22N4O2. The Morgan fingerprint density at radius 3 is 2.76 bits per heavy atom. The van der Waals surface area contributed by atoms with Crippen molar-refractivity contribution in [2.75, 3.05) is 19.6 Å². The van der Waals surface area contributed by atoms with E-state index in [1.807, 2.05) is 17.1 Å². The monoisotopic (exact) mass is 290 g/mol. The van der Waals surface area contributed by atoms with Gasteiger partial charge in [0.25, 0.3) is 0 Å². The van der Waals surface area contributed by atoms with Gasteiger partial charge in [0.2, 0.25) is 11.8 Å². The molecule has 1 amide bonds. The van der Waals surface area contributed by atoms with Gasteiger partial charge in [-0.15, -0.1) is 0 Å². The molecule has 0 spiro atoms. The van der Waals surface area contributed by atoms with E-state index in [0.29, 0.717) is 0 Å². The van der Waals surface area contributed by atoms with Crippen LogP contribution in [0.25, 0.3) is 0 Å². The Bertz CT molecular complexity index is 530. The Morgan fingerprint density at radius 2 is 2.19 bits per heavy atom. The average Bonchev–Trinajstić information content (AvgIpc) is 3.18. The van der Waals surface area contributed by atoms with Gasteiger partial charge >= 0.3 is 0 Å². The zero-order valence-corrected chi connectivity index (χ0v) is 12.6. The number of carbonyl (C=O) groups is 1. The second kappa shape index (κ2) is 5.97. The SMILES string of the molecule is CC(C)c1noc(C2CCN(C(=O)C3C=CCN3)CC2)n1. The Balaban J connectivity index is 1.57. The van der Waals surface area contributed by atoms with Crippen molar-refractivity contribution in [1.29, 1.82) is 0 Å². The number of carbonyl (C=O) groups excluding carboxylic acids is 1. The molecule has 1 fully saturated rings. The fourth-order valence-electron chi connectivity index (χ4n) is 2.83. The number of aromatic nitrogens is 2. The van der Waals surface area contributed by atoms with Crippen LogP contribution in [-0.4, -0.2) is 46.6 Å². The molecule has 1 aromatic rings. The third-order valence-electron chi connectivity index (χ3n) is 4.18. The van der Waals surface area contributed by atoms with Crippen LogP contribution >= 0.6 is 0 Å². The summed E-state index contributed by atoms with van der Waals surface area (Å²) in [4.78, 5) is 18.7. The molecule has 0 aliphatic carbocycles. The minimum atomic E-state index is -0.141. The second-order valence-electron chi connectivity index (χ2n) is 6.06. The minimum absolute atomic E-state index is 0.141. The predicted molar refractivity (Wildman–Crippen MR) is 77.9 cm³/mol. The van der Waals surface area contributed by atoms with Gasteiger partial charge in [0.05, 0.1) is 0 Å². The van der Waals surface area contributed by atoms with Crippen LogP contribution in [0.4, 0.5) is 0 Å². The van der Waals surface area contributed by atoms with E-state index in [2.05, 4.69) is 29.3 Å². The van der Waals surface area contributed by atoms with Crippen molar-refractivity contribution in [3.05, 3.63) is 23.9 Å². The number of nitrogens with one attached hydrogen (secondary N) is 1. The van der Waals surface area contributed by atoms with Gasteiger partial charge in [0.1, 0.15) is 6.04 Å². The Hall–Kier alpha value is -1.69. The number of amides is 1. The van der Waals surface area contributed by atoms with Gasteiger partial charge in [-0.3, -0.25) is 10.1 Å². The number of piperidine rings is 1. The summed E-state index contributed by atoms with van der Waals surface area (Å²) in [6.45, 7) is 6.41. The number of hydrogen-bond acceptors (Lipinski definition) is 5. The second-order valence-corrected chi connectivity index (χ2v) is 6.06. The lowest BCUT2D eigenvalue weighted by Crippen LogP contribution is -2.46. The van der Waals surface area contributed by atoms with Crippen LogP contribution in [0.3, 0.4) is 0 Å². The lowest BCUT2D eigenvalue weighted by molar-refractivity contribution is -0.133. The molecule has 0 saturated carbocycles. The average molecular weight is 290 g/mol. The van der Waals surface area contributed by atoms with Crippen LogP contribution in [0, 0.1) is 0 Å². The van der Waals surface area contributed by atoms with E-state index in [1.165, 1.54) is 0 Å². The molecule has 2 aliphatic heterocycles. The summed E-state index contributed by atoms with van der Waals surface area (Å²) < 4.78 is 5.37. The van der Waals surface area contributed by atoms with Gasteiger partial charge in [0, 0.05) is 31.5 Å². The molecule has 1 N–H and O–H groups in total. The van der Waals surface area contributed by atoms with Crippen LogP contribution in [0.5, 0.6) is 0 Å². The van der Waals surface area contributed by atoms with Crippen molar-refractivity contribution >= 4 is 5.91 Å². The number of nitrogens with zero attached hydrogens (tertiary/aromatic N) is 3. The molecule has 21 heavy (non-hydrogen) atoms. The van der Waals surface area contributed by atoms with E-state index in [-0.39, 0.29) is 23.8 Å². The highest BCUT2D eigenvalue weighted by Crippen LogP contribution is 2.28. The summed E-state index contributed by atoms with van der Waals surface area (Å²) >= 11 is 0. The maximum atomic E-state index is 12.3. The Kier molecular flexibility index (Phi) is 4.05. The van der Waals surface area contributed by atoms with Gasteiger partial charge < -0.3 is 9.42 Å². The largest absolute Gasteiger partial charge is 0.341 e. The van der Waals surface area contributed by atoms with E-state index < -0.39 is 0 Å². The number of rotatable bonds is 3. The first kappa shape index (κ1) is 14.3. The van der Waals surface area contributed by atoms with Crippen molar-refractivity contribution in [3.63, 3.8) is 0 Å². The molecule has 0 bridgehead atoms. The first-order chi connectivity index (χ1) is 10.1.